The molecule has 0 aliphatic carbocycles. The van der Waals surface area contributed by atoms with Gasteiger partial charge < -0.3 is 31.5 Å². The van der Waals surface area contributed by atoms with Gasteiger partial charge in [-0.2, -0.15) is 0 Å². The van der Waals surface area contributed by atoms with E-state index in [1.165, 1.54) is 5.56 Å². The summed E-state index contributed by atoms with van der Waals surface area (Å²) in [6.45, 7) is 13.8. The Morgan fingerprint density at radius 3 is 2.46 bits per heavy atom. The highest BCUT2D eigenvalue weighted by molar-refractivity contribution is 5.96. The first-order valence-corrected chi connectivity index (χ1v) is 14.8. The average Bonchev–Trinajstić information content (AvgIpc) is 2.90. The van der Waals surface area contributed by atoms with E-state index in [9.17, 15) is 19.5 Å². The number of nitrogens with two attached hydrogens (primary N) is 2. The maximum absolute atomic E-state index is 13.0. The zero-order chi connectivity index (χ0) is 30.9. The molecule has 0 saturated heterocycles. The van der Waals surface area contributed by atoms with Gasteiger partial charge in [0.2, 0.25) is 17.7 Å². The summed E-state index contributed by atoms with van der Waals surface area (Å²) in [5.41, 5.74) is 14.3. The monoisotopic (exact) mass is 575 g/mol. The smallest absolute Gasteiger partial charge is 0.227 e. The number of nitrogens with one attached hydrogen (secondary N) is 1. The molecule has 6 N–H and O–H groups in total. The van der Waals surface area contributed by atoms with E-state index >= 15 is 0 Å². The number of ether oxygens (including phenoxy) is 1. The van der Waals surface area contributed by atoms with E-state index in [1.807, 2.05) is 18.7 Å². The minimum atomic E-state index is -0.893. The van der Waals surface area contributed by atoms with Crippen LogP contribution in [0, 0.1) is 17.3 Å². The van der Waals surface area contributed by atoms with Crippen LogP contribution in [0.3, 0.4) is 0 Å². The van der Waals surface area contributed by atoms with E-state index in [0.717, 1.165) is 24.1 Å². The number of benzene rings is 1. The van der Waals surface area contributed by atoms with E-state index in [-0.39, 0.29) is 36.7 Å². The van der Waals surface area contributed by atoms with Gasteiger partial charge >= 0.3 is 0 Å². The van der Waals surface area contributed by atoms with Gasteiger partial charge in [-0.15, -0.1) is 0 Å². The zero-order valence-electron chi connectivity index (χ0n) is 26.1. The first-order valence-electron chi connectivity index (χ1n) is 14.8. The standard InChI is InChI=1S/C31H53N5O5/c1-20(2)24(29(39)34-19-31(5,6)30(33)40)16-27(37)25(32)18-35(21(3)4)17-22-9-10-23-11-12-28(38)36(26(23)15-22)13-8-14-41-7/h9-10,15,20-21,24-25,27,37H,8,11-14,16-19,32H2,1-7H3,(H2,33,40)(H,34,39)/t24-,25-,27-/m0/s1. The second kappa shape index (κ2) is 15.6. The molecule has 10 heteroatoms. The second-order valence-electron chi connectivity index (χ2n) is 12.7. The summed E-state index contributed by atoms with van der Waals surface area (Å²) >= 11 is 0. The maximum Gasteiger partial charge on any atom is 0.227 e. The normalized spacial score (nSPS) is 16.2. The van der Waals surface area contributed by atoms with Crippen molar-refractivity contribution in [2.75, 3.05) is 38.3 Å². The van der Waals surface area contributed by atoms with Gasteiger partial charge in [-0.25, -0.2) is 0 Å². The first-order chi connectivity index (χ1) is 19.2. The van der Waals surface area contributed by atoms with Crippen LogP contribution in [0.25, 0.3) is 0 Å². The van der Waals surface area contributed by atoms with Crippen LogP contribution in [0.15, 0.2) is 18.2 Å². The third-order valence-electron chi connectivity index (χ3n) is 8.14. The van der Waals surface area contributed by atoms with Crippen molar-refractivity contribution >= 4 is 23.4 Å². The van der Waals surface area contributed by atoms with Crippen LogP contribution >= 0.6 is 0 Å². The van der Waals surface area contributed by atoms with Crippen LogP contribution in [0.1, 0.15) is 71.9 Å². The van der Waals surface area contributed by atoms with E-state index in [1.54, 1.807) is 21.0 Å². The topological polar surface area (TPSA) is 151 Å². The fraction of sp³-hybridized carbons (Fsp3) is 0.710. The first kappa shape index (κ1) is 34.7. The second-order valence-corrected chi connectivity index (χ2v) is 12.7. The lowest BCUT2D eigenvalue weighted by molar-refractivity contribution is -0.130. The van der Waals surface area contributed by atoms with Gasteiger partial charge in [0.1, 0.15) is 0 Å². The largest absolute Gasteiger partial charge is 0.391 e. The van der Waals surface area contributed by atoms with Crippen LogP contribution in [-0.4, -0.2) is 79.3 Å². The number of methoxy groups -OCH3 is 1. The van der Waals surface area contributed by atoms with Crippen molar-refractivity contribution in [2.45, 2.75) is 92.0 Å². The lowest BCUT2D eigenvalue weighted by Crippen LogP contribution is -2.49. The summed E-state index contributed by atoms with van der Waals surface area (Å²) < 4.78 is 5.18. The molecule has 1 aliphatic rings. The lowest BCUT2D eigenvalue weighted by atomic mass is 9.86. The number of hydrogen-bond acceptors (Lipinski definition) is 7. The number of fused-ring (bicyclic) bond motifs is 1. The van der Waals surface area contributed by atoms with Crippen LogP contribution in [0.2, 0.25) is 0 Å². The Kier molecular flexibility index (Phi) is 13.2. The molecular formula is C31H53N5O5. The van der Waals surface area contributed by atoms with Crippen molar-refractivity contribution in [1.29, 1.82) is 0 Å². The highest BCUT2D eigenvalue weighted by Crippen LogP contribution is 2.30. The van der Waals surface area contributed by atoms with Crippen LogP contribution < -0.4 is 21.7 Å². The highest BCUT2D eigenvalue weighted by Gasteiger charge is 2.32. The Morgan fingerprint density at radius 1 is 1.20 bits per heavy atom. The molecule has 3 amide bonds. The quantitative estimate of drug-likeness (QED) is 0.208. The number of nitrogens with zero attached hydrogens (tertiary/aromatic N) is 2. The van der Waals surface area contributed by atoms with Crippen molar-refractivity contribution in [3.8, 4) is 0 Å². The molecule has 10 nitrogen and oxygen atoms in total. The number of primary amides is 1. The molecule has 0 bridgehead atoms. The van der Waals surface area contributed by atoms with E-state index in [2.05, 4.69) is 42.3 Å². The van der Waals surface area contributed by atoms with Crippen molar-refractivity contribution in [2.24, 2.45) is 28.7 Å². The molecule has 2 rings (SSSR count). The molecular weight excluding hydrogens is 522 g/mol. The highest BCUT2D eigenvalue weighted by atomic mass is 16.5. The molecule has 1 heterocycles. The third-order valence-corrected chi connectivity index (χ3v) is 8.14. The number of carbonyl (C=O) groups is 3. The molecule has 0 saturated carbocycles. The summed E-state index contributed by atoms with van der Waals surface area (Å²) in [4.78, 5) is 41.4. The number of aryl methyl sites for hydroxylation is 1. The van der Waals surface area contributed by atoms with Crippen molar-refractivity contribution in [3.05, 3.63) is 29.3 Å². The number of rotatable bonds is 17. The Morgan fingerprint density at radius 2 is 1.88 bits per heavy atom. The number of anilines is 1. The molecule has 0 unspecified atom stereocenters. The average molecular weight is 576 g/mol. The molecule has 1 aliphatic heterocycles. The van der Waals surface area contributed by atoms with Gasteiger partial charge in [-0.05, 0) is 70.1 Å². The number of amides is 3. The maximum atomic E-state index is 13.0. The SMILES string of the molecule is COCCCN1C(=O)CCc2ccc(CN(C[C@H](N)[C@@H](O)C[C@H](C(=O)NCC(C)(C)C(N)=O)C(C)C)C(C)C)cc21. The van der Waals surface area contributed by atoms with Gasteiger partial charge in [-0.1, -0.05) is 26.0 Å². The van der Waals surface area contributed by atoms with Crippen LogP contribution in [-0.2, 0) is 32.1 Å². The molecule has 1 aromatic carbocycles. The fourth-order valence-corrected chi connectivity index (χ4v) is 5.02. The minimum absolute atomic E-state index is 0.0280. The number of aliphatic hydroxyl groups is 1. The van der Waals surface area contributed by atoms with Gasteiger partial charge in [-0.3, -0.25) is 19.3 Å². The Labute approximate surface area is 246 Å². The number of hydrogen-bond donors (Lipinski definition) is 4. The lowest BCUT2D eigenvalue weighted by Gasteiger charge is -2.34. The van der Waals surface area contributed by atoms with Gasteiger partial charge in [0.25, 0.3) is 0 Å². The van der Waals surface area contributed by atoms with Crippen LogP contribution in [0.4, 0.5) is 5.69 Å². The molecule has 41 heavy (non-hydrogen) atoms. The van der Waals surface area contributed by atoms with E-state index < -0.39 is 29.4 Å². The predicted octanol–water partition coefficient (Wildman–Crippen LogP) is 2.19. The van der Waals surface area contributed by atoms with Crippen LogP contribution in [0.5, 0.6) is 0 Å². The molecule has 1 aromatic rings. The van der Waals surface area contributed by atoms with Gasteiger partial charge in [0, 0.05) is 70.0 Å². The minimum Gasteiger partial charge on any atom is -0.391 e. The molecule has 0 fully saturated rings. The zero-order valence-corrected chi connectivity index (χ0v) is 26.1. The predicted molar refractivity (Wildman–Crippen MR) is 162 cm³/mol. The molecule has 0 radical (unpaired) electrons. The van der Waals surface area contributed by atoms with Crippen molar-refractivity contribution < 1.29 is 24.2 Å². The molecule has 0 spiro atoms. The van der Waals surface area contributed by atoms with Crippen molar-refractivity contribution in [3.63, 3.8) is 0 Å². The summed E-state index contributed by atoms with van der Waals surface area (Å²) in [7, 11) is 1.66. The van der Waals surface area contributed by atoms with Gasteiger partial charge in [0.05, 0.1) is 11.5 Å². The summed E-state index contributed by atoms with van der Waals surface area (Å²) in [6, 6.07) is 5.90. The molecule has 232 valence electrons. The summed E-state index contributed by atoms with van der Waals surface area (Å²) in [6.07, 6.45) is 1.35. The number of aliphatic hydroxyl groups excluding tert-OH is 1. The summed E-state index contributed by atoms with van der Waals surface area (Å²) in [5.74, 6) is -1.06. The molecule has 3 atom stereocenters. The Hall–Kier alpha value is -2.53. The Balaban J connectivity index is 2.08. The number of carbonyl (C=O) groups excluding carboxylic acids is 3. The summed E-state index contributed by atoms with van der Waals surface area (Å²) in [5, 5.41) is 13.9. The fourth-order valence-electron chi connectivity index (χ4n) is 5.02. The molecule has 0 aromatic heterocycles. The third kappa shape index (κ3) is 10.1. The van der Waals surface area contributed by atoms with E-state index in [0.29, 0.717) is 32.7 Å². The van der Waals surface area contributed by atoms with E-state index in [4.69, 9.17) is 16.2 Å². The van der Waals surface area contributed by atoms with Gasteiger partial charge in [0.15, 0.2) is 0 Å². The van der Waals surface area contributed by atoms with Crippen molar-refractivity contribution in [1.82, 2.24) is 10.2 Å². The Bertz CT molecular complexity index is 1030.